The van der Waals surface area contributed by atoms with Crippen molar-refractivity contribution >= 4 is 59.9 Å². The zero-order valence-corrected chi connectivity index (χ0v) is 19.6. The third-order valence-corrected chi connectivity index (χ3v) is 8.63. The molecule has 1 aliphatic carbocycles. The lowest BCUT2D eigenvalue weighted by atomic mass is 9.80. The van der Waals surface area contributed by atoms with Crippen molar-refractivity contribution in [1.82, 2.24) is 9.38 Å². The molecule has 0 spiro atoms. The van der Waals surface area contributed by atoms with Crippen molar-refractivity contribution in [3.8, 4) is 11.1 Å². The van der Waals surface area contributed by atoms with Gasteiger partial charge >= 0.3 is 0 Å². The second-order valence-corrected chi connectivity index (χ2v) is 10.6. The number of hydrogen-bond donors (Lipinski definition) is 1. The Morgan fingerprint density at radius 2 is 1.29 bits per heavy atom. The van der Waals surface area contributed by atoms with Gasteiger partial charge in [0.15, 0.2) is 0 Å². The van der Waals surface area contributed by atoms with Gasteiger partial charge in [0.05, 0.1) is 16.6 Å². The van der Waals surface area contributed by atoms with Crippen molar-refractivity contribution < 1.29 is 0 Å². The highest BCUT2D eigenvalue weighted by atomic mass is 14.9. The van der Waals surface area contributed by atoms with Crippen LogP contribution in [0.15, 0.2) is 91.0 Å². The molecule has 0 bridgehead atoms. The van der Waals surface area contributed by atoms with Crippen molar-refractivity contribution in [2.24, 2.45) is 0 Å². The fraction of sp³-hybridized carbons (Fsp3) is 0.0909. The Hall–Kier alpha value is -4.30. The predicted molar refractivity (Wildman–Crippen MR) is 148 cm³/mol. The third-order valence-electron chi connectivity index (χ3n) is 8.63. The van der Waals surface area contributed by atoms with E-state index >= 15 is 0 Å². The molecule has 0 aliphatic heterocycles. The molecule has 1 N–H and O–H groups in total. The lowest BCUT2D eigenvalue weighted by molar-refractivity contribution is 0.666. The molecule has 1 aliphatic rings. The van der Waals surface area contributed by atoms with E-state index in [1.165, 1.54) is 82.2 Å². The standard InChI is InChI=1S/C33H22N2/c1-33(2)23-12-4-3-8-18(23)20-16-17-27-29(31(20)33)22-11-5-10-21-19-9-6-13-24-28(19)30-25(34-24)14-7-15-26(30)35(27)32(21)22/h3-17,34H,1-2H3. The van der Waals surface area contributed by atoms with Gasteiger partial charge in [0.2, 0.25) is 0 Å². The number of nitrogens with one attached hydrogen (secondary N) is 1. The smallest absolute Gasteiger partial charge is 0.0620 e. The first-order chi connectivity index (χ1) is 17.1. The van der Waals surface area contributed by atoms with Crippen LogP contribution in [0, 0.1) is 0 Å². The van der Waals surface area contributed by atoms with E-state index in [4.69, 9.17) is 0 Å². The van der Waals surface area contributed by atoms with Crippen LogP contribution in [0.3, 0.4) is 0 Å². The van der Waals surface area contributed by atoms with E-state index in [2.05, 4.69) is 114 Å². The third kappa shape index (κ3) is 1.89. The highest BCUT2D eigenvalue weighted by Crippen LogP contribution is 2.53. The van der Waals surface area contributed by atoms with Gasteiger partial charge in [-0.3, -0.25) is 0 Å². The van der Waals surface area contributed by atoms with E-state index in [0.29, 0.717) is 0 Å². The topological polar surface area (TPSA) is 20.2 Å². The summed E-state index contributed by atoms with van der Waals surface area (Å²) < 4.78 is 2.54. The Kier molecular flexibility index (Phi) is 2.93. The first kappa shape index (κ1) is 18.1. The quantitative estimate of drug-likeness (QED) is 0.240. The number of para-hydroxylation sites is 1. The molecular formula is C33H22N2. The van der Waals surface area contributed by atoms with Gasteiger partial charge in [0.1, 0.15) is 0 Å². The Labute approximate surface area is 201 Å². The molecule has 2 heteroatoms. The van der Waals surface area contributed by atoms with E-state index in [1.807, 2.05) is 0 Å². The van der Waals surface area contributed by atoms with Crippen molar-refractivity contribution in [3.63, 3.8) is 0 Å². The largest absolute Gasteiger partial charge is 0.354 e. The molecular weight excluding hydrogens is 424 g/mol. The van der Waals surface area contributed by atoms with Gasteiger partial charge in [-0.1, -0.05) is 80.6 Å². The summed E-state index contributed by atoms with van der Waals surface area (Å²) in [6, 6.07) is 33.9. The average Bonchev–Trinajstić information content (AvgIpc) is 3.47. The molecule has 5 aromatic carbocycles. The molecule has 0 saturated carbocycles. The second-order valence-electron chi connectivity index (χ2n) is 10.6. The average molecular weight is 447 g/mol. The summed E-state index contributed by atoms with van der Waals surface area (Å²) in [5.74, 6) is 0. The van der Waals surface area contributed by atoms with Crippen molar-refractivity contribution in [1.29, 1.82) is 0 Å². The minimum Gasteiger partial charge on any atom is -0.354 e. The molecule has 0 saturated heterocycles. The maximum absolute atomic E-state index is 3.68. The molecule has 35 heavy (non-hydrogen) atoms. The Bertz CT molecular complexity index is 2190. The summed E-state index contributed by atoms with van der Waals surface area (Å²) >= 11 is 0. The maximum Gasteiger partial charge on any atom is 0.0620 e. The molecule has 0 radical (unpaired) electrons. The van der Waals surface area contributed by atoms with Crippen molar-refractivity contribution in [2.45, 2.75) is 19.3 Å². The fourth-order valence-corrected chi connectivity index (χ4v) is 7.28. The van der Waals surface area contributed by atoms with Crippen LogP contribution in [0.5, 0.6) is 0 Å². The summed E-state index contributed by atoms with van der Waals surface area (Å²) in [5.41, 5.74) is 11.8. The highest BCUT2D eigenvalue weighted by molar-refractivity contribution is 6.31. The molecule has 9 rings (SSSR count). The maximum atomic E-state index is 3.68. The number of benzene rings is 5. The van der Waals surface area contributed by atoms with Crippen LogP contribution < -0.4 is 0 Å². The minimum absolute atomic E-state index is 0.0596. The molecule has 0 unspecified atom stereocenters. The summed E-state index contributed by atoms with van der Waals surface area (Å²) in [6.45, 7) is 4.78. The zero-order chi connectivity index (χ0) is 23.1. The normalized spacial score (nSPS) is 14.8. The summed E-state index contributed by atoms with van der Waals surface area (Å²) in [4.78, 5) is 3.68. The Balaban J connectivity index is 1.65. The predicted octanol–water partition coefficient (Wildman–Crippen LogP) is 8.78. The molecule has 0 atom stereocenters. The number of H-pyrrole nitrogens is 1. The van der Waals surface area contributed by atoms with Gasteiger partial charge in [0.25, 0.3) is 0 Å². The Morgan fingerprint density at radius 1 is 0.571 bits per heavy atom. The van der Waals surface area contributed by atoms with Crippen LogP contribution in [0.4, 0.5) is 0 Å². The summed E-state index contributed by atoms with van der Waals surface area (Å²) in [6.07, 6.45) is 0. The first-order valence-corrected chi connectivity index (χ1v) is 12.4. The molecule has 164 valence electrons. The van der Waals surface area contributed by atoms with E-state index in [9.17, 15) is 0 Å². The Morgan fingerprint density at radius 3 is 2.20 bits per heavy atom. The van der Waals surface area contributed by atoms with Crippen LogP contribution in [-0.2, 0) is 5.41 Å². The van der Waals surface area contributed by atoms with E-state index in [0.717, 1.165) is 0 Å². The van der Waals surface area contributed by atoms with E-state index < -0.39 is 0 Å². The van der Waals surface area contributed by atoms with Crippen LogP contribution >= 0.6 is 0 Å². The molecule has 3 aromatic heterocycles. The summed E-state index contributed by atoms with van der Waals surface area (Å²) in [7, 11) is 0. The van der Waals surface area contributed by atoms with Gasteiger partial charge in [-0.25, -0.2) is 0 Å². The van der Waals surface area contributed by atoms with Crippen LogP contribution in [0.1, 0.15) is 25.0 Å². The van der Waals surface area contributed by atoms with Crippen molar-refractivity contribution in [2.75, 3.05) is 0 Å². The number of nitrogens with zero attached hydrogens (tertiary/aromatic N) is 1. The number of aromatic nitrogens is 2. The van der Waals surface area contributed by atoms with Crippen LogP contribution in [0.25, 0.3) is 71.0 Å². The summed E-state index contributed by atoms with van der Waals surface area (Å²) in [5, 5.41) is 8.01. The van der Waals surface area contributed by atoms with Gasteiger partial charge < -0.3 is 9.38 Å². The number of rotatable bonds is 0. The van der Waals surface area contributed by atoms with Gasteiger partial charge in [0, 0.05) is 43.4 Å². The van der Waals surface area contributed by atoms with E-state index in [1.54, 1.807) is 0 Å². The highest BCUT2D eigenvalue weighted by Gasteiger charge is 2.38. The fourth-order valence-electron chi connectivity index (χ4n) is 7.28. The van der Waals surface area contributed by atoms with E-state index in [-0.39, 0.29) is 5.41 Å². The van der Waals surface area contributed by atoms with Crippen LogP contribution in [-0.4, -0.2) is 9.38 Å². The first-order valence-electron chi connectivity index (χ1n) is 12.4. The molecule has 3 heterocycles. The lowest BCUT2D eigenvalue weighted by Gasteiger charge is -2.22. The molecule has 2 nitrogen and oxygen atoms in total. The number of aromatic amines is 1. The van der Waals surface area contributed by atoms with Crippen molar-refractivity contribution in [3.05, 3.63) is 102 Å². The van der Waals surface area contributed by atoms with Gasteiger partial charge in [-0.2, -0.15) is 0 Å². The number of hydrogen-bond acceptors (Lipinski definition) is 0. The zero-order valence-electron chi connectivity index (χ0n) is 19.6. The van der Waals surface area contributed by atoms with Gasteiger partial charge in [-0.05, 0) is 51.9 Å². The molecule has 0 amide bonds. The van der Waals surface area contributed by atoms with Crippen LogP contribution in [0.2, 0.25) is 0 Å². The molecule has 8 aromatic rings. The second kappa shape index (κ2) is 5.67. The number of fused-ring (bicyclic) bond motifs is 9. The van der Waals surface area contributed by atoms with Gasteiger partial charge in [-0.15, -0.1) is 0 Å². The minimum atomic E-state index is -0.0596. The lowest BCUT2D eigenvalue weighted by Crippen LogP contribution is -2.15. The SMILES string of the molecule is CC1(C)c2ccccc2-c2ccc3c(c21)c1cccc2c4cccc5[nH]c6cccc(c6c54)n3c21. The monoisotopic (exact) mass is 446 g/mol. The molecule has 0 fully saturated rings.